The van der Waals surface area contributed by atoms with Gasteiger partial charge >= 0.3 is 0 Å². The Morgan fingerprint density at radius 2 is 1.29 bits per heavy atom. The molecule has 1 aliphatic carbocycles. The Labute approximate surface area is 186 Å². The third kappa shape index (κ3) is 4.18. The van der Waals surface area contributed by atoms with E-state index in [9.17, 15) is 0 Å². The van der Waals surface area contributed by atoms with Crippen molar-refractivity contribution in [3.63, 3.8) is 0 Å². The van der Waals surface area contributed by atoms with E-state index in [4.69, 9.17) is 0 Å². The van der Waals surface area contributed by atoms with E-state index in [1.54, 1.807) is 0 Å². The lowest BCUT2D eigenvalue weighted by atomic mass is 9.74. The third-order valence-corrected chi connectivity index (χ3v) is 7.07. The van der Waals surface area contributed by atoms with Crippen molar-refractivity contribution in [3.05, 3.63) is 101 Å². The minimum atomic E-state index is 0.490. The zero-order valence-electron chi connectivity index (χ0n) is 18.7. The summed E-state index contributed by atoms with van der Waals surface area (Å²) < 4.78 is 0. The number of nitrogens with zero attached hydrogens (tertiary/aromatic N) is 2. The van der Waals surface area contributed by atoms with Gasteiger partial charge in [0.15, 0.2) is 0 Å². The first kappa shape index (κ1) is 20.1. The van der Waals surface area contributed by atoms with Crippen LogP contribution in [0.2, 0.25) is 0 Å². The summed E-state index contributed by atoms with van der Waals surface area (Å²) in [6, 6.07) is 27.0. The molecule has 0 amide bonds. The molecule has 0 spiro atoms. The molecule has 2 heteroatoms. The lowest BCUT2D eigenvalue weighted by Gasteiger charge is -2.37. The molecule has 0 N–H and O–H groups in total. The van der Waals surface area contributed by atoms with Crippen LogP contribution in [0.1, 0.15) is 46.6 Å². The second-order valence-corrected chi connectivity index (χ2v) is 9.24. The predicted molar refractivity (Wildman–Crippen MR) is 132 cm³/mol. The van der Waals surface area contributed by atoms with E-state index in [1.807, 2.05) is 0 Å². The van der Waals surface area contributed by atoms with Crippen molar-refractivity contribution >= 4 is 17.8 Å². The van der Waals surface area contributed by atoms with E-state index in [0.717, 1.165) is 6.54 Å². The summed E-state index contributed by atoms with van der Waals surface area (Å²) in [7, 11) is 4.19. The summed E-state index contributed by atoms with van der Waals surface area (Å²) in [6.45, 7) is 3.41. The fraction of sp³-hybridized carbons (Fsp3) is 0.310. The molecule has 0 atom stereocenters. The van der Waals surface area contributed by atoms with Crippen LogP contribution in [0.5, 0.6) is 0 Å². The molecule has 0 aromatic heterocycles. The van der Waals surface area contributed by atoms with Crippen LogP contribution < -0.4 is 4.90 Å². The number of piperidine rings is 1. The molecular formula is C29H32N2. The third-order valence-electron chi connectivity index (χ3n) is 7.07. The SMILES string of the molecule is CN(C)c1ccc(CN2CCC(C3c4ccccc4C=Cc4ccccc43)CC2)cc1. The van der Waals surface area contributed by atoms with Crippen molar-refractivity contribution in [2.24, 2.45) is 5.92 Å². The summed E-state index contributed by atoms with van der Waals surface area (Å²) in [5.41, 5.74) is 8.45. The topological polar surface area (TPSA) is 6.48 Å². The zero-order chi connectivity index (χ0) is 21.2. The van der Waals surface area contributed by atoms with Crippen LogP contribution in [0.15, 0.2) is 72.8 Å². The lowest BCUT2D eigenvalue weighted by molar-refractivity contribution is 0.168. The first-order chi connectivity index (χ1) is 15.2. The quantitative estimate of drug-likeness (QED) is 0.501. The van der Waals surface area contributed by atoms with Gasteiger partial charge in [-0.2, -0.15) is 0 Å². The molecule has 2 aliphatic rings. The van der Waals surface area contributed by atoms with Crippen molar-refractivity contribution < 1.29 is 0 Å². The maximum atomic E-state index is 2.63. The zero-order valence-corrected chi connectivity index (χ0v) is 18.7. The highest BCUT2D eigenvalue weighted by atomic mass is 15.1. The number of likely N-dealkylation sites (tertiary alicyclic amines) is 1. The molecule has 0 bridgehead atoms. The largest absolute Gasteiger partial charge is 0.378 e. The molecule has 0 saturated carbocycles. The molecule has 1 aliphatic heterocycles. The van der Waals surface area contributed by atoms with E-state index in [2.05, 4.69) is 109 Å². The van der Waals surface area contributed by atoms with Gasteiger partial charge in [0.05, 0.1) is 0 Å². The maximum Gasteiger partial charge on any atom is 0.0361 e. The Hall–Kier alpha value is -2.84. The molecule has 5 rings (SSSR count). The first-order valence-corrected chi connectivity index (χ1v) is 11.5. The molecule has 0 unspecified atom stereocenters. The van der Waals surface area contributed by atoms with E-state index < -0.39 is 0 Å². The van der Waals surface area contributed by atoms with Crippen LogP contribution in [-0.4, -0.2) is 32.1 Å². The highest BCUT2D eigenvalue weighted by Gasteiger charge is 2.31. The monoisotopic (exact) mass is 408 g/mol. The van der Waals surface area contributed by atoms with Crippen LogP contribution >= 0.6 is 0 Å². The number of rotatable bonds is 4. The molecule has 3 aromatic rings. The molecule has 1 heterocycles. The molecular weight excluding hydrogens is 376 g/mol. The molecule has 31 heavy (non-hydrogen) atoms. The van der Waals surface area contributed by atoms with Gasteiger partial charge in [0.25, 0.3) is 0 Å². The van der Waals surface area contributed by atoms with Gasteiger partial charge in [-0.25, -0.2) is 0 Å². The Balaban J connectivity index is 1.33. The van der Waals surface area contributed by atoms with Gasteiger partial charge < -0.3 is 4.90 Å². The van der Waals surface area contributed by atoms with Crippen molar-refractivity contribution in [2.75, 3.05) is 32.1 Å². The second-order valence-electron chi connectivity index (χ2n) is 9.24. The Kier molecular flexibility index (Phi) is 5.65. The van der Waals surface area contributed by atoms with Gasteiger partial charge in [0.1, 0.15) is 0 Å². The van der Waals surface area contributed by atoms with E-state index in [-0.39, 0.29) is 0 Å². The minimum Gasteiger partial charge on any atom is -0.378 e. The van der Waals surface area contributed by atoms with Crippen LogP contribution in [0.4, 0.5) is 5.69 Å². The molecule has 158 valence electrons. The summed E-state index contributed by atoms with van der Waals surface area (Å²) >= 11 is 0. The Morgan fingerprint density at radius 1 is 0.742 bits per heavy atom. The van der Waals surface area contributed by atoms with Gasteiger partial charge in [-0.3, -0.25) is 4.90 Å². The van der Waals surface area contributed by atoms with E-state index in [1.165, 1.54) is 59.4 Å². The minimum absolute atomic E-state index is 0.490. The van der Waals surface area contributed by atoms with Crippen LogP contribution in [0, 0.1) is 5.92 Å². The van der Waals surface area contributed by atoms with Crippen molar-refractivity contribution in [3.8, 4) is 0 Å². The highest BCUT2D eigenvalue weighted by Crippen LogP contribution is 2.43. The highest BCUT2D eigenvalue weighted by molar-refractivity contribution is 5.76. The number of benzene rings is 3. The van der Waals surface area contributed by atoms with Gasteiger partial charge in [-0.1, -0.05) is 72.8 Å². The van der Waals surface area contributed by atoms with Gasteiger partial charge in [0, 0.05) is 32.2 Å². The number of anilines is 1. The fourth-order valence-corrected chi connectivity index (χ4v) is 5.35. The molecule has 2 nitrogen and oxygen atoms in total. The predicted octanol–water partition coefficient (Wildman–Crippen LogP) is 6.28. The number of hydrogen-bond donors (Lipinski definition) is 0. The van der Waals surface area contributed by atoms with Gasteiger partial charge in [-0.05, 0) is 71.8 Å². The van der Waals surface area contributed by atoms with E-state index in [0.29, 0.717) is 11.8 Å². The molecule has 3 aromatic carbocycles. The molecule has 0 radical (unpaired) electrons. The fourth-order valence-electron chi connectivity index (χ4n) is 5.35. The van der Waals surface area contributed by atoms with Gasteiger partial charge in [0.2, 0.25) is 0 Å². The molecule has 1 fully saturated rings. The summed E-state index contributed by atoms with van der Waals surface area (Å²) in [4.78, 5) is 4.79. The Bertz CT molecular complexity index is 1010. The van der Waals surface area contributed by atoms with Crippen LogP contribution in [-0.2, 0) is 6.54 Å². The maximum absolute atomic E-state index is 2.63. The van der Waals surface area contributed by atoms with Crippen molar-refractivity contribution in [2.45, 2.75) is 25.3 Å². The summed E-state index contributed by atoms with van der Waals surface area (Å²) in [6.07, 6.45) is 7.12. The summed E-state index contributed by atoms with van der Waals surface area (Å²) in [5, 5.41) is 0. The Morgan fingerprint density at radius 3 is 1.84 bits per heavy atom. The lowest BCUT2D eigenvalue weighted by Crippen LogP contribution is -2.35. The van der Waals surface area contributed by atoms with Crippen molar-refractivity contribution in [1.29, 1.82) is 0 Å². The van der Waals surface area contributed by atoms with Gasteiger partial charge in [-0.15, -0.1) is 0 Å². The van der Waals surface area contributed by atoms with Crippen LogP contribution in [0.25, 0.3) is 12.2 Å². The first-order valence-electron chi connectivity index (χ1n) is 11.5. The smallest absolute Gasteiger partial charge is 0.0361 e. The second kappa shape index (κ2) is 8.72. The number of hydrogen-bond acceptors (Lipinski definition) is 2. The number of fused-ring (bicyclic) bond motifs is 2. The molecule has 1 saturated heterocycles. The average Bonchev–Trinajstić information content (AvgIpc) is 2.97. The van der Waals surface area contributed by atoms with Crippen LogP contribution in [0.3, 0.4) is 0 Å². The summed E-state index contributed by atoms with van der Waals surface area (Å²) in [5.74, 6) is 1.18. The standard InChI is InChI=1S/C29H32N2/c1-30(2)26-15-11-22(12-16-26)21-31-19-17-25(18-20-31)29-27-9-5-3-7-23(27)13-14-24-8-4-6-10-28(24)29/h3-16,25,29H,17-21H2,1-2H3. The normalized spacial score (nSPS) is 17.1. The average molecular weight is 409 g/mol. The van der Waals surface area contributed by atoms with Crippen molar-refractivity contribution in [1.82, 2.24) is 4.90 Å². The van der Waals surface area contributed by atoms with E-state index >= 15 is 0 Å².